The van der Waals surface area contributed by atoms with Gasteiger partial charge in [-0.2, -0.15) is 5.10 Å². The Morgan fingerprint density at radius 1 is 1.55 bits per heavy atom. The van der Waals surface area contributed by atoms with Gasteiger partial charge in [0.1, 0.15) is 5.71 Å². The van der Waals surface area contributed by atoms with Gasteiger partial charge in [0.05, 0.1) is 6.20 Å². The Balaban J connectivity index is 2.14. The van der Waals surface area contributed by atoms with Crippen molar-refractivity contribution in [3.8, 4) is 0 Å². The number of hydrogen-bond donors (Lipinski definition) is 1. The van der Waals surface area contributed by atoms with Crippen LogP contribution in [0.4, 0.5) is 0 Å². The summed E-state index contributed by atoms with van der Waals surface area (Å²) >= 11 is 0. The first-order valence-electron chi connectivity index (χ1n) is 7.36. The SMILES string of the molecule is C=C[C@H]1CCCN1C(=C)/C=C\n1ncc(C(=N)C(C)=O)c1C. The first kappa shape index (κ1) is 15.9. The van der Waals surface area contributed by atoms with Gasteiger partial charge in [-0.05, 0) is 25.8 Å². The lowest BCUT2D eigenvalue weighted by Crippen LogP contribution is -2.25. The molecule has 116 valence electrons. The van der Waals surface area contributed by atoms with E-state index in [4.69, 9.17) is 5.41 Å². The van der Waals surface area contributed by atoms with Crippen molar-refractivity contribution < 1.29 is 4.79 Å². The summed E-state index contributed by atoms with van der Waals surface area (Å²) in [4.78, 5) is 13.5. The summed E-state index contributed by atoms with van der Waals surface area (Å²) in [6.07, 6.45) is 9.48. The molecule has 1 aliphatic rings. The van der Waals surface area contributed by atoms with Crippen LogP contribution in [0.3, 0.4) is 0 Å². The Bertz CT molecular complexity index is 654. The maximum Gasteiger partial charge on any atom is 0.178 e. The van der Waals surface area contributed by atoms with E-state index in [-0.39, 0.29) is 11.5 Å². The molecule has 0 radical (unpaired) electrons. The summed E-state index contributed by atoms with van der Waals surface area (Å²) in [5.74, 6) is -0.262. The predicted octanol–water partition coefficient (Wildman–Crippen LogP) is 2.78. The first-order chi connectivity index (χ1) is 10.5. The summed E-state index contributed by atoms with van der Waals surface area (Å²) in [5, 5.41) is 12.0. The van der Waals surface area contributed by atoms with Crippen LogP contribution in [0.2, 0.25) is 0 Å². The minimum Gasteiger partial charge on any atom is -0.366 e. The van der Waals surface area contributed by atoms with Gasteiger partial charge in [0.25, 0.3) is 0 Å². The average Bonchev–Trinajstić information content (AvgIpc) is 3.10. The third kappa shape index (κ3) is 3.08. The van der Waals surface area contributed by atoms with E-state index in [0.29, 0.717) is 11.6 Å². The largest absolute Gasteiger partial charge is 0.366 e. The van der Waals surface area contributed by atoms with E-state index < -0.39 is 0 Å². The van der Waals surface area contributed by atoms with Crippen molar-refractivity contribution >= 4 is 17.7 Å². The molecule has 2 rings (SSSR count). The first-order valence-corrected chi connectivity index (χ1v) is 7.36. The van der Waals surface area contributed by atoms with Gasteiger partial charge in [0.15, 0.2) is 5.78 Å². The van der Waals surface area contributed by atoms with Gasteiger partial charge >= 0.3 is 0 Å². The summed E-state index contributed by atoms with van der Waals surface area (Å²) in [5.41, 5.74) is 2.24. The second-order valence-electron chi connectivity index (χ2n) is 5.47. The Labute approximate surface area is 131 Å². The molecule has 0 unspecified atom stereocenters. The zero-order valence-electron chi connectivity index (χ0n) is 13.2. The van der Waals surface area contributed by atoms with Crippen LogP contribution in [0, 0.1) is 12.3 Å². The van der Waals surface area contributed by atoms with Crippen molar-refractivity contribution in [2.75, 3.05) is 6.54 Å². The number of carbonyl (C=O) groups is 1. The highest BCUT2D eigenvalue weighted by atomic mass is 16.1. The van der Waals surface area contributed by atoms with E-state index in [1.54, 1.807) is 10.9 Å². The minimum atomic E-state index is -0.262. The molecule has 1 aromatic rings. The van der Waals surface area contributed by atoms with E-state index >= 15 is 0 Å². The van der Waals surface area contributed by atoms with Gasteiger partial charge in [-0.3, -0.25) is 10.2 Å². The molecule has 0 spiro atoms. The van der Waals surface area contributed by atoms with Gasteiger partial charge in [-0.1, -0.05) is 12.7 Å². The molecule has 0 aromatic carbocycles. The molecule has 0 bridgehead atoms. The van der Waals surface area contributed by atoms with E-state index in [2.05, 4.69) is 23.2 Å². The number of aromatic nitrogens is 2. The second-order valence-corrected chi connectivity index (χ2v) is 5.47. The molecule has 2 heterocycles. The minimum absolute atomic E-state index is 0.0118. The number of nitrogens with one attached hydrogen (secondary N) is 1. The highest BCUT2D eigenvalue weighted by Crippen LogP contribution is 2.22. The highest BCUT2D eigenvalue weighted by Gasteiger charge is 2.21. The Morgan fingerprint density at radius 2 is 2.27 bits per heavy atom. The number of carbonyl (C=O) groups excluding carboxylic acids is 1. The lowest BCUT2D eigenvalue weighted by molar-refractivity contribution is -0.111. The Hall–Kier alpha value is -2.43. The van der Waals surface area contributed by atoms with Crippen molar-refractivity contribution in [3.05, 3.63) is 48.5 Å². The molecule has 0 aliphatic carbocycles. The molecule has 1 saturated heterocycles. The fraction of sp³-hybridized carbons (Fsp3) is 0.353. The smallest absolute Gasteiger partial charge is 0.178 e. The van der Waals surface area contributed by atoms with Crippen molar-refractivity contribution in [1.82, 2.24) is 14.7 Å². The van der Waals surface area contributed by atoms with Gasteiger partial charge in [0, 0.05) is 42.7 Å². The van der Waals surface area contributed by atoms with Crippen molar-refractivity contribution in [3.63, 3.8) is 0 Å². The van der Waals surface area contributed by atoms with Crippen LogP contribution < -0.4 is 0 Å². The maximum absolute atomic E-state index is 11.3. The fourth-order valence-corrected chi connectivity index (χ4v) is 2.66. The molecule has 1 aromatic heterocycles. The van der Waals surface area contributed by atoms with Gasteiger partial charge < -0.3 is 4.90 Å². The number of Topliss-reactive ketones (excluding diaryl/α,β-unsaturated/α-hetero) is 1. The standard InChI is InChI=1S/C17H22N4O/c1-5-15-7-6-9-20(15)12(2)8-10-21-13(3)16(11-19-21)17(18)14(4)22/h5,8,10-11,15,18H,1-2,6-7,9H2,3-4H3/b10-8-,18-17?/t15-/m0/s1. The quantitative estimate of drug-likeness (QED) is 0.499. The van der Waals surface area contributed by atoms with Crippen LogP contribution in [0.1, 0.15) is 31.0 Å². The maximum atomic E-state index is 11.3. The number of rotatable bonds is 6. The number of likely N-dealkylation sites (tertiary alicyclic amines) is 1. The molecule has 0 amide bonds. The number of hydrogen-bond acceptors (Lipinski definition) is 4. The fourth-order valence-electron chi connectivity index (χ4n) is 2.66. The molecule has 1 aliphatic heterocycles. The Morgan fingerprint density at radius 3 is 2.91 bits per heavy atom. The molecule has 1 N–H and O–H groups in total. The normalized spacial score (nSPS) is 17.9. The lowest BCUT2D eigenvalue weighted by Gasteiger charge is -2.24. The van der Waals surface area contributed by atoms with Crippen molar-refractivity contribution in [1.29, 1.82) is 5.41 Å². The van der Waals surface area contributed by atoms with Gasteiger partial charge in [-0.25, -0.2) is 4.68 Å². The van der Waals surface area contributed by atoms with Crippen molar-refractivity contribution in [2.45, 2.75) is 32.7 Å². The average molecular weight is 298 g/mol. The van der Waals surface area contributed by atoms with Crippen molar-refractivity contribution in [2.24, 2.45) is 0 Å². The highest BCUT2D eigenvalue weighted by molar-refractivity contribution is 6.44. The summed E-state index contributed by atoms with van der Waals surface area (Å²) in [6.45, 7) is 12.2. The van der Waals surface area contributed by atoms with Gasteiger partial charge in [0.2, 0.25) is 0 Å². The van der Waals surface area contributed by atoms with Crippen LogP contribution >= 0.6 is 0 Å². The monoisotopic (exact) mass is 298 g/mol. The number of allylic oxidation sites excluding steroid dienone is 1. The van der Waals surface area contributed by atoms with E-state index in [9.17, 15) is 4.79 Å². The van der Waals surface area contributed by atoms with Gasteiger partial charge in [-0.15, -0.1) is 6.58 Å². The second kappa shape index (κ2) is 6.56. The summed E-state index contributed by atoms with van der Waals surface area (Å²) < 4.78 is 1.66. The van der Waals surface area contributed by atoms with Crippen LogP contribution in [-0.4, -0.2) is 38.8 Å². The third-order valence-corrected chi connectivity index (χ3v) is 4.01. The Kier molecular flexibility index (Phi) is 4.75. The molecule has 1 atom stereocenters. The molecule has 5 nitrogen and oxygen atoms in total. The lowest BCUT2D eigenvalue weighted by atomic mass is 10.1. The van der Waals surface area contributed by atoms with E-state index in [0.717, 1.165) is 30.8 Å². The van der Waals surface area contributed by atoms with Crippen LogP contribution in [0.25, 0.3) is 6.20 Å². The molecule has 22 heavy (non-hydrogen) atoms. The zero-order chi connectivity index (χ0) is 16.3. The molecule has 1 fully saturated rings. The predicted molar refractivity (Wildman–Crippen MR) is 88.9 cm³/mol. The zero-order valence-corrected chi connectivity index (χ0v) is 13.2. The molecular formula is C17H22N4O. The molecule has 0 saturated carbocycles. The molecular weight excluding hydrogens is 276 g/mol. The third-order valence-electron chi connectivity index (χ3n) is 4.01. The number of ketones is 1. The van der Waals surface area contributed by atoms with Crippen LogP contribution in [0.15, 0.2) is 37.2 Å². The van der Waals surface area contributed by atoms with E-state index in [1.807, 2.05) is 25.3 Å². The summed E-state index contributed by atoms with van der Waals surface area (Å²) in [6, 6.07) is 0.345. The molecule has 5 heteroatoms. The van der Waals surface area contributed by atoms with Crippen LogP contribution in [0.5, 0.6) is 0 Å². The van der Waals surface area contributed by atoms with Crippen LogP contribution in [-0.2, 0) is 4.79 Å². The number of nitrogens with zero attached hydrogens (tertiary/aromatic N) is 3. The van der Waals surface area contributed by atoms with E-state index in [1.165, 1.54) is 6.92 Å². The topological polar surface area (TPSA) is 62.0 Å². The summed E-state index contributed by atoms with van der Waals surface area (Å²) in [7, 11) is 0.